The maximum absolute atomic E-state index is 11.2. The lowest BCUT2D eigenvalue weighted by atomic mass is 10.0. The largest absolute Gasteiger partial charge is 0.378 e. The van der Waals surface area contributed by atoms with Crippen molar-refractivity contribution in [3.8, 4) is 0 Å². The summed E-state index contributed by atoms with van der Waals surface area (Å²) in [6, 6.07) is 8.14. The number of benzene rings is 1. The first kappa shape index (κ1) is 13.3. The van der Waals surface area contributed by atoms with Crippen molar-refractivity contribution >= 4 is 17.3 Å². The van der Waals surface area contributed by atoms with Crippen LogP contribution in [0.4, 0.5) is 17.3 Å². The molecular weight excluding hydrogens is 270 g/mol. The van der Waals surface area contributed by atoms with Crippen LogP contribution < -0.4 is 10.6 Å². The normalized spacial score (nSPS) is 14.4. The molecule has 0 bridgehead atoms. The van der Waals surface area contributed by atoms with Gasteiger partial charge in [-0.05, 0) is 24.0 Å². The molecule has 0 atom stereocenters. The van der Waals surface area contributed by atoms with E-state index in [0.29, 0.717) is 18.9 Å². The van der Waals surface area contributed by atoms with Gasteiger partial charge in [0.05, 0.1) is 4.92 Å². The molecular formula is C14H15N5O2. The summed E-state index contributed by atoms with van der Waals surface area (Å²) in [5.74, 6) is 0.201. The van der Waals surface area contributed by atoms with Gasteiger partial charge in [-0.1, -0.05) is 24.3 Å². The predicted octanol–water partition coefficient (Wildman–Crippen LogP) is 1.92. The number of hydrogen-bond acceptors (Lipinski definition) is 6. The van der Waals surface area contributed by atoms with Crippen molar-refractivity contribution in [2.75, 3.05) is 17.2 Å². The summed E-state index contributed by atoms with van der Waals surface area (Å²) >= 11 is 0. The Balaban J connectivity index is 2.02. The van der Waals surface area contributed by atoms with Crippen LogP contribution in [0.3, 0.4) is 0 Å². The van der Waals surface area contributed by atoms with Crippen molar-refractivity contribution < 1.29 is 4.92 Å². The summed E-state index contributed by atoms with van der Waals surface area (Å²) in [5.41, 5.74) is 7.88. The van der Waals surface area contributed by atoms with Crippen LogP contribution in [0.2, 0.25) is 0 Å². The molecule has 2 heterocycles. The highest BCUT2D eigenvalue weighted by Crippen LogP contribution is 2.32. The monoisotopic (exact) mass is 285 g/mol. The molecule has 0 spiro atoms. The zero-order chi connectivity index (χ0) is 14.8. The second-order valence-corrected chi connectivity index (χ2v) is 4.98. The predicted molar refractivity (Wildman–Crippen MR) is 78.9 cm³/mol. The molecule has 1 aliphatic heterocycles. The molecule has 1 aromatic heterocycles. The Bertz CT molecular complexity index is 689. The molecule has 0 unspecified atom stereocenters. The smallest absolute Gasteiger partial charge is 0.353 e. The molecule has 1 aliphatic rings. The highest BCUT2D eigenvalue weighted by molar-refractivity contribution is 5.68. The average Bonchev–Trinajstić information content (AvgIpc) is 2.68. The minimum Gasteiger partial charge on any atom is -0.378 e. The van der Waals surface area contributed by atoms with Crippen molar-refractivity contribution in [1.82, 2.24) is 9.97 Å². The van der Waals surface area contributed by atoms with Gasteiger partial charge >= 0.3 is 5.69 Å². The van der Waals surface area contributed by atoms with Crippen molar-refractivity contribution in [3.05, 3.63) is 51.8 Å². The lowest BCUT2D eigenvalue weighted by Gasteiger charge is -2.21. The van der Waals surface area contributed by atoms with Crippen LogP contribution in [0, 0.1) is 10.1 Å². The Kier molecular flexibility index (Phi) is 3.39. The van der Waals surface area contributed by atoms with Gasteiger partial charge in [-0.2, -0.15) is 0 Å². The third-order valence-corrected chi connectivity index (χ3v) is 3.67. The van der Waals surface area contributed by atoms with E-state index in [0.717, 1.165) is 12.8 Å². The number of nitrogen functional groups attached to an aromatic ring is 1. The van der Waals surface area contributed by atoms with Crippen LogP contribution in [-0.4, -0.2) is 21.4 Å². The summed E-state index contributed by atoms with van der Waals surface area (Å²) in [5, 5.41) is 11.2. The first-order chi connectivity index (χ1) is 10.2. The van der Waals surface area contributed by atoms with Crippen molar-refractivity contribution in [2.45, 2.75) is 19.4 Å². The summed E-state index contributed by atoms with van der Waals surface area (Å²) in [6.07, 6.45) is 3.15. The Labute approximate surface area is 121 Å². The maximum Gasteiger partial charge on any atom is 0.353 e. The average molecular weight is 285 g/mol. The fourth-order valence-electron chi connectivity index (χ4n) is 2.67. The number of anilines is 2. The quantitative estimate of drug-likeness (QED) is 0.668. The molecule has 7 heteroatoms. The molecule has 2 N–H and O–H groups in total. The Hall–Kier alpha value is -2.70. The van der Waals surface area contributed by atoms with Crippen LogP contribution in [0.1, 0.15) is 17.5 Å². The summed E-state index contributed by atoms with van der Waals surface area (Å²) in [6.45, 7) is 1.29. The van der Waals surface area contributed by atoms with Crippen molar-refractivity contribution in [1.29, 1.82) is 0 Å². The van der Waals surface area contributed by atoms with Gasteiger partial charge in [0, 0.05) is 13.1 Å². The van der Waals surface area contributed by atoms with E-state index >= 15 is 0 Å². The number of nitrogens with zero attached hydrogens (tertiary/aromatic N) is 4. The van der Waals surface area contributed by atoms with Crippen LogP contribution in [0.25, 0.3) is 0 Å². The van der Waals surface area contributed by atoms with Crippen molar-refractivity contribution in [3.63, 3.8) is 0 Å². The fourth-order valence-corrected chi connectivity index (χ4v) is 2.67. The molecule has 0 saturated carbocycles. The molecule has 0 radical (unpaired) electrons. The van der Waals surface area contributed by atoms with Gasteiger partial charge in [0.25, 0.3) is 0 Å². The van der Waals surface area contributed by atoms with E-state index in [2.05, 4.69) is 16.0 Å². The van der Waals surface area contributed by atoms with Gasteiger partial charge in [-0.25, -0.2) is 9.97 Å². The third kappa shape index (κ3) is 2.49. The van der Waals surface area contributed by atoms with E-state index in [1.807, 2.05) is 23.1 Å². The van der Waals surface area contributed by atoms with Gasteiger partial charge in [0.15, 0.2) is 0 Å². The van der Waals surface area contributed by atoms with E-state index in [-0.39, 0.29) is 11.5 Å². The maximum atomic E-state index is 11.2. The van der Waals surface area contributed by atoms with E-state index in [9.17, 15) is 10.1 Å². The van der Waals surface area contributed by atoms with Crippen LogP contribution >= 0.6 is 0 Å². The topological polar surface area (TPSA) is 98.2 Å². The van der Waals surface area contributed by atoms with E-state index in [1.165, 1.54) is 17.5 Å². The standard InChI is InChI=1S/C14H15N5O2/c15-13-12(19(20)21)14(17-9-16-13)18-7-3-6-10-4-1-2-5-11(10)8-18/h1-2,4-5,9H,3,6-8H2,(H2,15,16,17). The molecule has 0 saturated heterocycles. The Morgan fingerprint density at radius 2 is 2.00 bits per heavy atom. The van der Waals surface area contributed by atoms with Crippen LogP contribution in [0.15, 0.2) is 30.6 Å². The summed E-state index contributed by atoms with van der Waals surface area (Å²) in [7, 11) is 0. The summed E-state index contributed by atoms with van der Waals surface area (Å²) < 4.78 is 0. The number of fused-ring (bicyclic) bond motifs is 1. The molecule has 108 valence electrons. The summed E-state index contributed by atoms with van der Waals surface area (Å²) in [4.78, 5) is 20.4. The van der Waals surface area contributed by atoms with Crippen LogP contribution in [0.5, 0.6) is 0 Å². The van der Waals surface area contributed by atoms with Gasteiger partial charge in [-0.15, -0.1) is 0 Å². The van der Waals surface area contributed by atoms with Gasteiger partial charge < -0.3 is 10.6 Å². The number of nitro groups is 1. The lowest BCUT2D eigenvalue weighted by Crippen LogP contribution is -2.25. The highest BCUT2D eigenvalue weighted by atomic mass is 16.6. The molecule has 0 amide bonds. The number of nitrogens with two attached hydrogens (primary N) is 1. The molecule has 1 aromatic carbocycles. The minimum atomic E-state index is -0.512. The fraction of sp³-hybridized carbons (Fsp3) is 0.286. The first-order valence-electron chi connectivity index (χ1n) is 6.73. The van der Waals surface area contributed by atoms with Gasteiger partial charge in [0.1, 0.15) is 6.33 Å². The minimum absolute atomic E-state index is 0.0949. The van der Waals surface area contributed by atoms with E-state index < -0.39 is 4.92 Å². The molecule has 21 heavy (non-hydrogen) atoms. The van der Waals surface area contributed by atoms with E-state index in [4.69, 9.17) is 5.73 Å². The van der Waals surface area contributed by atoms with Gasteiger partial charge in [0.2, 0.25) is 11.6 Å². The van der Waals surface area contributed by atoms with Crippen LogP contribution in [-0.2, 0) is 13.0 Å². The number of aryl methyl sites for hydroxylation is 1. The Morgan fingerprint density at radius 1 is 1.24 bits per heavy atom. The second-order valence-electron chi connectivity index (χ2n) is 4.98. The molecule has 0 aliphatic carbocycles. The second kappa shape index (κ2) is 5.35. The molecule has 7 nitrogen and oxygen atoms in total. The zero-order valence-corrected chi connectivity index (χ0v) is 11.4. The number of rotatable bonds is 2. The molecule has 2 aromatic rings. The molecule has 3 rings (SSSR count). The lowest BCUT2D eigenvalue weighted by molar-refractivity contribution is -0.383. The first-order valence-corrected chi connectivity index (χ1v) is 6.73. The number of hydrogen-bond donors (Lipinski definition) is 1. The Morgan fingerprint density at radius 3 is 2.76 bits per heavy atom. The highest BCUT2D eigenvalue weighted by Gasteiger charge is 2.26. The third-order valence-electron chi connectivity index (χ3n) is 3.67. The van der Waals surface area contributed by atoms with Crippen molar-refractivity contribution in [2.24, 2.45) is 0 Å². The molecule has 0 fully saturated rings. The SMILES string of the molecule is Nc1ncnc(N2CCCc3ccccc3C2)c1[N+](=O)[O-]. The zero-order valence-electron chi connectivity index (χ0n) is 11.4. The number of aromatic nitrogens is 2. The van der Waals surface area contributed by atoms with E-state index in [1.54, 1.807) is 0 Å². The van der Waals surface area contributed by atoms with Gasteiger partial charge in [-0.3, -0.25) is 10.1 Å².